The monoisotopic (exact) mass is 532 g/mol. The summed E-state index contributed by atoms with van der Waals surface area (Å²) in [5.74, 6) is -1.36. The standard InChI is InChI=1S/C26H23F3N2O5S/c1-3-37(35,36)30-23-14-21(5-7-24(23)33)31-9-8-17-10-16(4-6-22(17)25(31)34)19-11-18(15(2)32)12-20(13-19)26(27,28)29/h4-7,10-14,30,33H,3,8-9H2,1-2H3. The second-order valence-corrected chi connectivity index (χ2v) is 10.6. The second-order valence-electron chi connectivity index (χ2n) is 8.64. The Balaban J connectivity index is 1.68. The molecule has 0 bridgehead atoms. The van der Waals surface area contributed by atoms with Gasteiger partial charge in [-0.05, 0) is 79.4 Å². The lowest BCUT2D eigenvalue weighted by atomic mass is 9.92. The normalized spacial score (nSPS) is 13.9. The molecule has 37 heavy (non-hydrogen) atoms. The number of ketones is 1. The summed E-state index contributed by atoms with van der Waals surface area (Å²) in [7, 11) is -3.66. The van der Waals surface area contributed by atoms with Crippen LogP contribution >= 0.6 is 0 Å². The van der Waals surface area contributed by atoms with E-state index in [1.165, 1.54) is 55.1 Å². The third-order valence-electron chi connectivity index (χ3n) is 6.12. The minimum atomic E-state index is -4.63. The first-order chi connectivity index (χ1) is 17.3. The highest BCUT2D eigenvalue weighted by molar-refractivity contribution is 7.92. The zero-order valence-corrected chi connectivity index (χ0v) is 20.7. The van der Waals surface area contributed by atoms with E-state index in [0.717, 1.165) is 12.1 Å². The van der Waals surface area contributed by atoms with Gasteiger partial charge >= 0.3 is 6.18 Å². The summed E-state index contributed by atoms with van der Waals surface area (Å²) in [4.78, 5) is 26.5. The number of nitrogens with zero attached hydrogens (tertiary/aromatic N) is 1. The molecule has 0 spiro atoms. The molecule has 0 saturated heterocycles. The van der Waals surface area contributed by atoms with Gasteiger partial charge in [0.25, 0.3) is 5.91 Å². The topological polar surface area (TPSA) is 104 Å². The van der Waals surface area contributed by atoms with Crippen molar-refractivity contribution in [3.05, 3.63) is 76.9 Å². The number of anilines is 2. The quantitative estimate of drug-likeness (QED) is 0.334. The lowest BCUT2D eigenvalue weighted by Gasteiger charge is -2.29. The van der Waals surface area contributed by atoms with E-state index in [0.29, 0.717) is 28.8 Å². The van der Waals surface area contributed by atoms with Gasteiger partial charge in [0.1, 0.15) is 5.75 Å². The van der Waals surface area contributed by atoms with E-state index in [2.05, 4.69) is 4.72 Å². The highest BCUT2D eigenvalue weighted by atomic mass is 32.2. The van der Waals surface area contributed by atoms with Crippen LogP contribution in [0.25, 0.3) is 11.1 Å². The van der Waals surface area contributed by atoms with Crippen molar-refractivity contribution in [2.75, 3.05) is 21.9 Å². The summed E-state index contributed by atoms with van der Waals surface area (Å²) in [6, 6.07) is 12.0. The molecule has 3 aromatic rings. The van der Waals surface area contributed by atoms with Gasteiger partial charge in [0.2, 0.25) is 10.0 Å². The molecule has 0 radical (unpaired) electrons. The van der Waals surface area contributed by atoms with E-state index < -0.39 is 27.5 Å². The molecule has 0 aromatic heterocycles. The van der Waals surface area contributed by atoms with E-state index in [1.807, 2.05) is 0 Å². The van der Waals surface area contributed by atoms with Crippen LogP contribution in [0, 0.1) is 0 Å². The van der Waals surface area contributed by atoms with Crippen molar-refractivity contribution < 1.29 is 36.3 Å². The van der Waals surface area contributed by atoms with Gasteiger partial charge in [-0.1, -0.05) is 12.1 Å². The Labute approximate surface area is 211 Å². The van der Waals surface area contributed by atoms with Crippen LogP contribution in [-0.2, 0) is 22.6 Å². The molecule has 0 atom stereocenters. The van der Waals surface area contributed by atoms with Crippen molar-refractivity contribution in [2.45, 2.75) is 26.4 Å². The Bertz CT molecular complexity index is 1520. The van der Waals surface area contributed by atoms with Gasteiger partial charge in [0.15, 0.2) is 5.78 Å². The summed E-state index contributed by atoms with van der Waals surface area (Å²) in [6.07, 6.45) is -4.25. The van der Waals surface area contributed by atoms with Crippen molar-refractivity contribution in [1.82, 2.24) is 0 Å². The number of rotatable bonds is 6. The third kappa shape index (κ3) is 5.46. The van der Waals surface area contributed by atoms with Crippen LogP contribution in [0.15, 0.2) is 54.6 Å². The van der Waals surface area contributed by atoms with E-state index in [9.17, 15) is 36.3 Å². The average molecular weight is 533 g/mol. The molecule has 0 unspecified atom stereocenters. The summed E-state index contributed by atoms with van der Waals surface area (Å²) >= 11 is 0. The fourth-order valence-corrected chi connectivity index (χ4v) is 4.73. The SMILES string of the molecule is CCS(=O)(=O)Nc1cc(N2CCc3cc(-c4cc(C(C)=O)cc(C(F)(F)F)c4)ccc3C2=O)ccc1O. The number of sulfonamides is 1. The van der Waals surface area contributed by atoms with Crippen LogP contribution in [0.2, 0.25) is 0 Å². The molecule has 11 heteroatoms. The second kappa shape index (κ2) is 9.55. The van der Waals surface area contributed by atoms with Crippen molar-refractivity contribution in [1.29, 1.82) is 0 Å². The minimum absolute atomic E-state index is 0.0564. The number of aromatic hydroxyl groups is 1. The molecule has 2 N–H and O–H groups in total. The number of benzene rings is 3. The maximum Gasteiger partial charge on any atom is 0.416 e. The number of nitrogens with one attached hydrogen (secondary N) is 1. The lowest BCUT2D eigenvalue weighted by Crippen LogP contribution is -2.37. The maximum absolute atomic E-state index is 13.4. The smallest absolute Gasteiger partial charge is 0.416 e. The lowest BCUT2D eigenvalue weighted by molar-refractivity contribution is -0.137. The van der Waals surface area contributed by atoms with Crippen LogP contribution in [0.1, 0.15) is 45.7 Å². The van der Waals surface area contributed by atoms with Crippen molar-refractivity contribution in [3.8, 4) is 16.9 Å². The molecular formula is C26H23F3N2O5S. The van der Waals surface area contributed by atoms with Crippen LogP contribution in [0.3, 0.4) is 0 Å². The fraction of sp³-hybridized carbons (Fsp3) is 0.231. The minimum Gasteiger partial charge on any atom is -0.506 e. The number of Topliss-reactive ketones (excluding diaryl/α,β-unsaturated/α-hetero) is 1. The molecule has 4 rings (SSSR count). The summed E-state index contributed by atoms with van der Waals surface area (Å²) in [5.41, 5.74) is 0.945. The molecule has 3 aromatic carbocycles. The van der Waals surface area contributed by atoms with Gasteiger partial charge in [-0.2, -0.15) is 13.2 Å². The summed E-state index contributed by atoms with van der Waals surface area (Å²) in [5, 5.41) is 10.1. The summed E-state index contributed by atoms with van der Waals surface area (Å²) in [6.45, 7) is 2.87. The molecule has 194 valence electrons. The maximum atomic E-state index is 13.4. The number of hydrogen-bond donors (Lipinski definition) is 2. The zero-order chi connectivity index (χ0) is 27.1. The Morgan fingerprint density at radius 1 is 1.05 bits per heavy atom. The number of carbonyl (C=O) groups is 2. The highest BCUT2D eigenvalue weighted by Crippen LogP contribution is 2.36. The molecule has 7 nitrogen and oxygen atoms in total. The van der Waals surface area contributed by atoms with E-state index in [4.69, 9.17) is 0 Å². The number of phenols is 1. The van der Waals surface area contributed by atoms with Crippen LogP contribution in [0.4, 0.5) is 24.5 Å². The molecule has 0 fully saturated rings. The average Bonchev–Trinajstić information content (AvgIpc) is 2.84. The molecule has 0 aliphatic carbocycles. The van der Waals surface area contributed by atoms with Crippen molar-refractivity contribution in [3.63, 3.8) is 0 Å². The van der Waals surface area contributed by atoms with E-state index >= 15 is 0 Å². The van der Waals surface area contributed by atoms with Crippen LogP contribution < -0.4 is 9.62 Å². The van der Waals surface area contributed by atoms with E-state index in [-0.39, 0.29) is 40.8 Å². The first-order valence-corrected chi connectivity index (χ1v) is 13.0. The number of alkyl halides is 3. The third-order valence-corrected chi connectivity index (χ3v) is 7.41. The van der Waals surface area contributed by atoms with Gasteiger partial charge < -0.3 is 10.0 Å². The molecule has 1 amide bonds. The number of phenolic OH excluding ortho intramolecular Hbond substituents is 1. The zero-order valence-electron chi connectivity index (χ0n) is 19.9. The number of amides is 1. The van der Waals surface area contributed by atoms with Crippen LogP contribution in [0.5, 0.6) is 5.75 Å². The molecule has 0 saturated carbocycles. The molecular weight excluding hydrogens is 509 g/mol. The fourth-order valence-electron chi connectivity index (χ4n) is 4.09. The summed E-state index contributed by atoms with van der Waals surface area (Å²) < 4.78 is 66.4. The van der Waals surface area contributed by atoms with Gasteiger partial charge in [-0.15, -0.1) is 0 Å². The van der Waals surface area contributed by atoms with Gasteiger partial charge in [-0.3, -0.25) is 14.3 Å². The van der Waals surface area contributed by atoms with E-state index in [1.54, 1.807) is 6.07 Å². The predicted octanol–water partition coefficient (Wildman–Crippen LogP) is 5.25. The Hall–Kier alpha value is -3.86. The Kier molecular flexibility index (Phi) is 6.76. The van der Waals surface area contributed by atoms with Crippen molar-refractivity contribution >= 4 is 33.1 Å². The molecule has 1 aliphatic heterocycles. The highest BCUT2D eigenvalue weighted by Gasteiger charge is 2.32. The first kappa shape index (κ1) is 26.2. The Morgan fingerprint density at radius 2 is 1.78 bits per heavy atom. The Morgan fingerprint density at radius 3 is 2.43 bits per heavy atom. The predicted molar refractivity (Wildman–Crippen MR) is 133 cm³/mol. The van der Waals surface area contributed by atoms with Crippen LogP contribution in [-0.4, -0.2) is 37.5 Å². The molecule has 1 heterocycles. The van der Waals surface area contributed by atoms with Gasteiger partial charge in [0, 0.05) is 23.4 Å². The molecule has 1 aliphatic rings. The first-order valence-electron chi connectivity index (χ1n) is 11.3. The number of fused-ring (bicyclic) bond motifs is 1. The van der Waals surface area contributed by atoms with Gasteiger partial charge in [-0.25, -0.2) is 8.42 Å². The number of carbonyl (C=O) groups excluding carboxylic acids is 2. The number of hydrogen-bond acceptors (Lipinski definition) is 5. The largest absolute Gasteiger partial charge is 0.506 e. The van der Waals surface area contributed by atoms with Crippen molar-refractivity contribution in [2.24, 2.45) is 0 Å². The number of halogens is 3. The van der Waals surface area contributed by atoms with Gasteiger partial charge in [0.05, 0.1) is 17.0 Å².